The molecule has 0 bridgehead atoms. The highest BCUT2D eigenvalue weighted by atomic mass is 79.9. The van der Waals surface area contributed by atoms with Crippen molar-refractivity contribution >= 4 is 47.3 Å². The van der Waals surface area contributed by atoms with E-state index in [1.54, 1.807) is 37.7 Å². The second-order valence-corrected chi connectivity index (χ2v) is 12.8. The molecule has 150 valence electrons. The Morgan fingerprint density at radius 2 is 1.59 bits per heavy atom. The Bertz CT molecular complexity index is 1060. The summed E-state index contributed by atoms with van der Waals surface area (Å²) >= 11 is 4.43. The van der Waals surface area contributed by atoms with Gasteiger partial charge in [0.2, 0.25) is 10.0 Å². The van der Waals surface area contributed by atoms with Gasteiger partial charge < -0.3 is 0 Å². The Labute approximate surface area is 172 Å². The lowest BCUT2D eigenvalue weighted by Gasteiger charge is -2.21. The van der Waals surface area contributed by atoms with Gasteiger partial charge in [0.1, 0.15) is 9.10 Å². The predicted molar refractivity (Wildman–Crippen MR) is 107 cm³/mol. The number of rotatable bonds is 4. The van der Waals surface area contributed by atoms with E-state index in [-0.39, 0.29) is 35.3 Å². The van der Waals surface area contributed by atoms with Gasteiger partial charge in [-0.15, -0.1) is 11.3 Å². The van der Waals surface area contributed by atoms with Crippen LogP contribution in [-0.2, 0) is 27.1 Å². The molecule has 27 heavy (non-hydrogen) atoms. The normalized spacial score (nSPS) is 17.9. The molecule has 2 aromatic heterocycles. The van der Waals surface area contributed by atoms with E-state index in [0.29, 0.717) is 17.8 Å². The average molecular weight is 497 g/mol. The number of hydrogen-bond acceptors (Lipinski definition) is 6. The maximum absolute atomic E-state index is 13.1. The standard InChI is InChI=1S/C15H21BrN4O4S3/c1-11-15(12(2)18(3)17-11)27(23,24)20-8-4-7-19(9-10-20)26(21,22)14-6-5-13(16)25-14/h5-6H,4,7-10H2,1-3H3. The van der Waals surface area contributed by atoms with Gasteiger partial charge in [-0.25, -0.2) is 16.8 Å². The average Bonchev–Trinajstić information content (AvgIpc) is 3.00. The summed E-state index contributed by atoms with van der Waals surface area (Å²) in [5.74, 6) is 0. The highest BCUT2D eigenvalue weighted by Crippen LogP contribution is 2.30. The minimum absolute atomic E-state index is 0.113. The predicted octanol–water partition coefficient (Wildman–Crippen LogP) is 1.95. The molecule has 3 rings (SSSR count). The highest BCUT2D eigenvalue weighted by molar-refractivity contribution is 9.11. The van der Waals surface area contributed by atoms with Gasteiger partial charge in [0.15, 0.2) is 0 Å². The molecule has 0 spiro atoms. The summed E-state index contributed by atoms with van der Waals surface area (Å²) in [7, 11) is -5.65. The van der Waals surface area contributed by atoms with Crippen molar-refractivity contribution in [3.8, 4) is 0 Å². The second-order valence-electron chi connectivity index (χ2n) is 6.34. The van der Waals surface area contributed by atoms with E-state index >= 15 is 0 Å². The van der Waals surface area contributed by atoms with Gasteiger partial charge in [-0.05, 0) is 48.3 Å². The molecule has 0 aromatic carbocycles. The zero-order chi connectivity index (χ0) is 20.0. The zero-order valence-electron chi connectivity index (χ0n) is 15.2. The summed E-state index contributed by atoms with van der Waals surface area (Å²) in [5, 5.41) is 4.19. The number of aryl methyl sites for hydroxylation is 2. The van der Waals surface area contributed by atoms with Crippen LogP contribution in [0.4, 0.5) is 0 Å². The quantitative estimate of drug-likeness (QED) is 0.644. The van der Waals surface area contributed by atoms with Crippen molar-refractivity contribution in [2.24, 2.45) is 7.05 Å². The third-order valence-electron chi connectivity index (χ3n) is 4.60. The van der Waals surface area contributed by atoms with E-state index in [4.69, 9.17) is 0 Å². The van der Waals surface area contributed by atoms with Crippen LogP contribution < -0.4 is 0 Å². The van der Waals surface area contributed by atoms with Crippen LogP contribution in [0.1, 0.15) is 17.8 Å². The number of sulfonamides is 2. The fourth-order valence-corrected chi connectivity index (χ4v) is 8.67. The largest absolute Gasteiger partial charge is 0.271 e. The molecular weight excluding hydrogens is 476 g/mol. The summed E-state index contributed by atoms with van der Waals surface area (Å²) in [6.07, 6.45) is 0.434. The van der Waals surface area contributed by atoms with E-state index in [1.807, 2.05) is 0 Å². The maximum Gasteiger partial charge on any atom is 0.252 e. The van der Waals surface area contributed by atoms with Crippen LogP contribution in [0.3, 0.4) is 0 Å². The van der Waals surface area contributed by atoms with E-state index in [0.717, 1.165) is 15.1 Å². The SMILES string of the molecule is Cc1nn(C)c(C)c1S(=O)(=O)N1CCCN(S(=O)(=O)c2ccc(Br)s2)CC1. The van der Waals surface area contributed by atoms with Gasteiger partial charge in [-0.3, -0.25) is 4.68 Å². The lowest BCUT2D eigenvalue weighted by molar-refractivity contribution is 0.405. The van der Waals surface area contributed by atoms with Gasteiger partial charge in [0.25, 0.3) is 10.0 Å². The lowest BCUT2D eigenvalue weighted by atomic mass is 10.4. The first-order chi connectivity index (χ1) is 12.5. The molecule has 0 amide bonds. The molecule has 0 radical (unpaired) electrons. The van der Waals surface area contributed by atoms with Gasteiger partial charge in [-0.1, -0.05) is 0 Å². The third-order valence-corrected chi connectivity index (χ3v) is 10.7. The number of nitrogens with zero attached hydrogens (tertiary/aromatic N) is 4. The van der Waals surface area contributed by atoms with Crippen LogP contribution >= 0.6 is 27.3 Å². The van der Waals surface area contributed by atoms with E-state index in [2.05, 4.69) is 21.0 Å². The molecule has 0 unspecified atom stereocenters. The van der Waals surface area contributed by atoms with Crippen molar-refractivity contribution < 1.29 is 16.8 Å². The van der Waals surface area contributed by atoms with Crippen molar-refractivity contribution in [1.29, 1.82) is 0 Å². The Balaban J connectivity index is 1.84. The Morgan fingerprint density at radius 3 is 2.07 bits per heavy atom. The number of thiophene rings is 1. The Hall–Kier alpha value is -0.790. The van der Waals surface area contributed by atoms with Crippen LogP contribution in [0.2, 0.25) is 0 Å². The van der Waals surface area contributed by atoms with E-state index in [9.17, 15) is 16.8 Å². The fourth-order valence-electron chi connectivity index (χ4n) is 3.17. The molecule has 2 aromatic rings. The second kappa shape index (κ2) is 7.56. The summed E-state index contributed by atoms with van der Waals surface area (Å²) < 4.78 is 57.2. The summed E-state index contributed by atoms with van der Waals surface area (Å²) in [6, 6.07) is 3.26. The van der Waals surface area contributed by atoms with Crippen LogP contribution in [-0.4, -0.2) is 61.4 Å². The van der Waals surface area contributed by atoms with Crippen LogP contribution in [0.15, 0.2) is 25.0 Å². The van der Waals surface area contributed by atoms with Crippen molar-refractivity contribution in [2.45, 2.75) is 29.4 Å². The van der Waals surface area contributed by atoms with Crippen molar-refractivity contribution in [3.05, 3.63) is 27.3 Å². The molecule has 0 N–H and O–H groups in total. The molecule has 1 aliphatic rings. The third kappa shape index (κ3) is 3.87. The monoisotopic (exact) mass is 496 g/mol. The molecular formula is C15H21BrN4O4S3. The Kier molecular flexibility index (Phi) is 5.86. The van der Waals surface area contributed by atoms with Crippen molar-refractivity contribution in [2.75, 3.05) is 26.2 Å². The zero-order valence-corrected chi connectivity index (χ0v) is 19.3. The lowest BCUT2D eigenvalue weighted by Crippen LogP contribution is -2.37. The minimum Gasteiger partial charge on any atom is -0.271 e. The van der Waals surface area contributed by atoms with Crippen molar-refractivity contribution in [3.63, 3.8) is 0 Å². The molecule has 1 aliphatic heterocycles. The smallest absolute Gasteiger partial charge is 0.252 e. The highest BCUT2D eigenvalue weighted by Gasteiger charge is 2.34. The molecule has 0 atom stereocenters. The van der Waals surface area contributed by atoms with Crippen LogP contribution in [0, 0.1) is 13.8 Å². The first-order valence-corrected chi connectivity index (χ1v) is 12.8. The first kappa shape index (κ1) is 20.9. The van der Waals surface area contributed by atoms with Gasteiger partial charge in [-0.2, -0.15) is 13.7 Å². The Morgan fingerprint density at radius 1 is 1.00 bits per heavy atom. The molecule has 12 heteroatoms. The summed E-state index contributed by atoms with van der Waals surface area (Å²) in [5.41, 5.74) is 1.02. The first-order valence-electron chi connectivity index (χ1n) is 8.31. The summed E-state index contributed by atoms with van der Waals surface area (Å²) in [6.45, 7) is 4.18. The van der Waals surface area contributed by atoms with Gasteiger partial charge in [0, 0.05) is 33.2 Å². The van der Waals surface area contributed by atoms with Crippen LogP contribution in [0.25, 0.3) is 0 Å². The topological polar surface area (TPSA) is 92.6 Å². The number of halogens is 1. The van der Waals surface area contributed by atoms with Crippen LogP contribution in [0.5, 0.6) is 0 Å². The fraction of sp³-hybridized carbons (Fsp3) is 0.533. The molecule has 1 fully saturated rings. The van der Waals surface area contributed by atoms with Gasteiger partial charge >= 0.3 is 0 Å². The maximum atomic E-state index is 13.1. The van der Waals surface area contributed by atoms with E-state index in [1.165, 1.54) is 8.61 Å². The molecule has 8 nitrogen and oxygen atoms in total. The molecule has 3 heterocycles. The van der Waals surface area contributed by atoms with Gasteiger partial charge in [0.05, 0.1) is 15.2 Å². The molecule has 0 aliphatic carbocycles. The molecule has 1 saturated heterocycles. The van der Waals surface area contributed by atoms with E-state index < -0.39 is 20.0 Å². The van der Waals surface area contributed by atoms with Crippen molar-refractivity contribution in [1.82, 2.24) is 18.4 Å². The number of hydrogen-bond donors (Lipinski definition) is 0. The number of aromatic nitrogens is 2. The summed E-state index contributed by atoms with van der Waals surface area (Å²) in [4.78, 5) is 0.212. The molecule has 0 saturated carbocycles. The minimum atomic E-state index is -3.73.